The second kappa shape index (κ2) is 10.3. The van der Waals surface area contributed by atoms with Crippen LogP contribution in [0.3, 0.4) is 0 Å². The molecule has 0 aliphatic carbocycles. The zero-order chi connectivity index (χ0) is 18.9. The molecular formula is C18H18Cl2N2O3S. The summed E-state index contributed by atoms with van der Waals surface area (Å²) in [5, 5.41) is 6.29. The first-order chi connectivity index (χ1) is 12.5. The molecule has 26 heavy (non-hydrogen) atoms. The molecule has 2 aromatic carbocycles. The standard InChI is InChI=1S/C18H18Cl2N2O3S/c1-2-24-10-11-25-13-8-6-12(7-9-13)17(23)22-18(26)21-15-5-3-4-14(19)16(15)20/h3-9H,2,10-11H2,1H3,(H2,21,22,23,26). The van der Waals surface area contributed by atoms with Crippen molar-refractivity contribution >= 4 is 52.1 Å². The van der Waals surface area contributed by atoms with Crippen LogP contribution in [0.2, 0.25) is 10.0 Å². The third-order valence-corrected chi connectivity index (χ3v) is 4.27. The minimum absolute atomic E-state index is 0.121. The van der Waals surface area contributed by atoms with Gasteiger partial charge in [-0.3, -0.25) is 10.1 Å². The van der Waals surface area contributed by atoms with Crippen LogP contribution in [0.1, 0.15) is 17.3 Å². The van der Waals surface area contributed by atoms with E-state index in [9.17, 15) is 4.79 Å². The third-order valence-electron chi connectivity index (χ3n) is 3.24. The lowest BCUT2D eigenvalue weighted by atomic mass is 10.2. The number of anilines is 1. The monoisotopic (exact) mass is 412 g/mol. The van der Waals surface area contributed by atoms with Crippen LogP contribution in [-0.4, -0.2) is 30.8 Å². The van der Waals surface area contributed by atoms with E-state index in [4.69, 9.17) is 44.9 Å². The summed E-state index contributed by atoms with van der Waals surface area (Å²) in [6.45, 7) is 3.54. The number of benzene rings is 2. The van der Waals surface area contributed by atoms with Gasteiger partial charge in [0.2, 0.25) is 0 Å². The average molecular weight is 413 g/mol. The van der Waals surface area contributed by atoms with Crippen molar-refractivity contribution in [3.63, 3.8) is 0 Å². The molecule has 0 aliphatic rings. The number of thiocarbonyl (C=S) groups is 1. The van der Waals surface area contributed by atoms with Crippen molar-refractivity contribution in [3.05, 3.63) is 58.1 Å². The molecule has 0 atom stereocenters. The number of amides is 1. The molecule has 8 heteroatoms. The van der Waals surface area contributed by atoms with Crippen LogP contribution in [0.4, 0.5) is 5.69 Å². The Morgan fingerprint density at radius 1 is 1.12 bits per heavy atom. The summed E-state index contributed by atoms with van der Waals surface area (Å²) in [5.74, 6) is 0.314. The van der Waals surface area contributed by atoms with E-state index in [2.05, 4.69) is 10.6 Å². The van der Waals surface area contributed by atoms with E-state index in [1.165, 1.54) is 0 Å². The highest BCUT2D eigenvalue weighted by molar-refractivity contribution is 7.80. The Labute approximate surface area is 167 Å². The summed E-state index contributed by atoms with van der Waals surface area (Å²) in [5.41, 5.74) is 0.964. The zero-order valence-electron chi connectivity index (χ0n) is 14.1. The maximum Gasteiger partial charge on any atom is 0.257 e. The van der Waals surface area contributed by atoms with Crippen molar-refractivity contribution in [1.82, 2.24) is 5.32 Å². The topological polar surface area (TPSA) is 59.6 Å². The molecule has 0 bridgehead atoms. The van der Waals surface area contributed by atoms with Crippen molar-refractivity contribution in [2.24, 2.45) is 0 Å². The van der Waals surface area contributed by atoms with Crippen LogP contribution < -0.4 is 15.4 Å². The molecule has 2 N–H and O–H groups in total. The first kappa shape index (κ1) is 20.5. The highest BCUT2D eigenvalue weighted by Crippen LogP contribution is 2.29. The number of halogens is 2. The molecule has 0 saturated carbocycles. The first-order valence-corrected chi connectivity index (χ1v) is 9.04. The van der Waals surface area contributed by atoms with Crippen molar-refractivity contribution in [2.75, 3.05) is 25.1 Å². The number of rotatable bonds is 7. The fourth-order valence-corrected chi connectivity index (χ4v) is 2.54. The van der Waals surface area contributed by atoms with Gasteiger partial charge in [-0.05, 0) is 55.5 Å². The second-order valence-electron chi connectivity index (χ2n) is 5.08. The van der Waals surface area contributed by atoms with Gasteiger partial charge in [0.1, 0.15) is 12.4 Å². The summed E-state index contributed by atoms with van der Waals surface area (Å²) >= 11 is 17.2. The Hall–Kier alpha value is -1.86. The van der Waals surface area contributed by atoms with Crippen LogP contribution in [0.15, 0.2) is 42.5 Å². The first-order valence-electron chi connectivity index (χ1n) is 7.88. The van der Waals surface area contributed by atoms with Crippen molar-refractivity contribution in [1.29, 1.82) is 0 Å². The summed E-state index contributed by atoms with van der Waals surface area (Å²) in [4.78, 5) is 12.2. The number of hydrogen-bond acceptors (Lipinski definition) is 4. The number of hydrogen-bond donors (Lipinski definition) is 2. The third kappa shape index (κ3) is 6.14. The van der Waals surface area contributed by atoms with Crippen LogP contribution >= 0.6 is 35.4 Å². The largest absolute Gasteiger partial charge is 0.491 e. The van der Waals surface area contributed by atoms with Gasteiger partial charge >= 0.3 is 0 Å². The van der Waals surface area contributed by atoms with E-state index < -0.39 is 0 Å². The quantitative estimate of drug-likeness (QED) is 0.516. The molecule has 0 fully saturated rings. The lowest BCUT2D eigenvalue weighted by Crippen LogP contribution is -2.34. The van der Waals surface area contributed by atoms with Crippen molar-refractivity contribution in [2.45, 2.75) is 6.92 Å². The molecule has 0 saturated heterocycles. The number of carbonyl (C=O) groups is 1. The normalized spacial score (nSPS) is 10.3. The molecule has 138 valence electrons. The molecule has 5 nitrogen and oxygen atoms in total. The van der Waals surface area contributed by atoms with Crippen molar-refractivity contribution in [3.8, 4) is 5.75 Å². The van der Waals surface area contributed by atoms with Gasteiger partial charge in [0.15, 0.2) is 5.11 Å². The number of carbonyl (C=O) groups excluding carboxylic acids is 1. The predicted octanol–water partition coefficient (Wildman–Crippen LogP) is 4.54. The average Bonchev–Trinajstić information content (AvgIpc) is 2.63. The molecule has 0 aliphatic heterocycles. The van der Waals surface area contributed by atoms with Gasteiger partial charge in [0.05, 0.1) is 22.3 Å². The lowest BCUT2D eigenvalue weighted by Gasteiger charge is -2.12. The molecule has 0 aromatic heterocycles. The lowest BCUT2D eigenvalue weighted by molar-refractivity contribution is 0.0977. The number of ether oxygens (including phenoxy) is 2. The molecule has 0 heterocycles. The minimum Gasteiger partial charge on any atom is -0.491 e. The Kier molecular flexibility index (Phi) is 8.12. The van der Waals surface area contributed by atoms with Gasteiger partial charge in [-0.1, -0.05) is 29.3 Å². The van der Waals surface area contributed by atoms with E-state index in [1.807, 2.05) is 6.92 Å². The summed E-state index contributed by atoms with van der Waals surface area (Å²) in [6, 6.07) is 11.8. The van der Waals surface area contributed by atoms with E-state index in [-0.39, 0.29) is 11.0 Å². The van der Waals surface area contributed by atoms with Crippen LogP contribution in [0.25, 0.3) is 0 Å². The van der Waals surface area contributed by atoms with Crippen LogP contribution in [0, 0.1) is 0 Å². The van der Waals surface area contributed by atoms with Gasteiger partial charge in [0, 0.05) is 12.2 Å². The molecule has 0 spiro atoms. The molecular weight excluding hydrogens is 395 g/mol. The van der Waals surface area contributed by atoms with Gasteiger partial charge in [-0.2, -0.15) is 0 Å². The van der Waals surface area contributed by atoms with E-state index in [1.54, 1.807) is 42.5 Å². The van der Waals surface area contributed by atoms with Crippen molar-refractivity contribution < 1.29 is 14.3 Å². The van der Waals surface area contributed by atoms with Crippen LogP contribution in [-0.2, 0) is 4.74 Å². The maximum atomic E-state index is 12.2. The Bertz CT molecular complexity index is 770. The molecule has 2 rings (SSSR count). The number of nitrogens with one attached hydrogen (secondary N) is 2. The zero-order valence-corrected chi connectivity index (χ0v) is 16.4. The smallest absolute Gasteiger partial charge is 0.257 e. The van der Waals surface area contributed by atoms with Gasteiger partial charge in [0.25, 0.3) is 5.91 Å². The Morgan fingerprint density at radius 3 is 2.54 bits per heavy atom. The SMILES string of the molecule is CCOCCOc1ccc(C(=O)NC(=S)Nc2cccc(Cl)c2Cl)cc1. The van der Waals surface area contributed by atoms with E-state index in [0.29, 0.717) is 46.9 Å². The molecule has 0 radical (unpaired) electrons. The van der Waals surface area contributed by atoms with Crippen LogP contribution in [0.5, 0.6) is 5.75 Å². The van der Waals surface area contributed by atoms with Gasteiger partial charge in [-0.25, -0.2) is 0 Å². The predicted molar refractivity (Wildman–Crippen MR) is 109 cm³/mol. The fraction of sp³-hybridized carbons (Fsp3) is 0.222. The second-order valence-corrected chi connectivity index (χ2v) is 6.27. The molecule has 2 aromatic rings. The summed E-state index contributed by atoms with van der Waals surface area (Å²) in [6.07, 6.45) is 0. The Balaban J connectivity index is 1.88. The summed E-state index contributed by atoms with van der Waals surface area (Å²) in [7, 11) is 0. The minimum atomic E-state index is -0.346. The maximum absolute atomic E-state index is 12.2. The van der Waals surface area contributed by atoms with E-state index >= 15 is 0 Å². The summed E-state index contributed by atoms with van der Waals surface area (Å²) < 4.78 is 10.7. The highest BCUT2D eigenvalue weighted by atomic mass is 35.5. The van der Waals surface area contributed by atoms with E-state index in [0.717, 1.165) is 0 Å². The Morgan fingerprint density at radius 2 is 1.85 bits per heavy atom. The fourth-order valence-electron chi connectivity index (χ4n) is 1.99. The van der Waals surface area contributed by atoms with Gasteiger partial charge in [-0.15, -0.1) is 0 Å². The van der Waals surface area contributed by atoms with Gasteiger partial charge < -0.3 is 14.8 Å². The molecule has 1 amide bonds. The molecule has 0 unspecified atom stereocenters. The highest BCUT2D eigenvalue weighted by Gasteiger charge is 2.10.